The van der Waals surface area contributed by atoms with Crippen molar-refractivity contribution in [2.24, 2.45) is 7.05 Å². The van der Waals surface area contributed by atoms with Gasteiger partial charge in [0.05, 0.1) is 18.2 Å². The molecular weight excluding hydrogens is 338 g/mol. The summed E-state index contributed by atoms with van der Waals surface area (Å²) in [6, 6.07) is 3.93. The standard InChI is InChI=1S/C13H18BrN5O2/c1-4-5-21-12-10(14)6-9(7-11(12)20-3)8-15-13-16-17-18-19(13)2/h6-7H,4-5,8H2,1-3H3,(H,15,16,18). The molecule has 2 aromatic rings. The van der Waals surface area contributed by atoms with Crippen LogP contribution in [0.1, 0.15) is 18.9 Å². The first-order valence-electron chi connectivity index (χ1n) is 6.61. The molecular formula is C13H18BrN5O2. The van der Waals surface area contributed by atoms with Gasteiger partial charge in [0.2, 0.25) is 5.95 Å². The number of hydrogen-bond acceptors (Lipinski definition) is 6. The van der Waals surface area contributed by atoms with E-state index >= 15 is 0 Å². The molecule has 0 saturated carbocycles. The van der Waals surface area contributed by atoms with Crippen LogP contribution in [0.15, 0.2) is 16.6 Å². The van der Waals surface area contributed by atoms with Gasteiger partial charge in [0.25, 0.3) is 0 Å². The molecule has 1 heterocycles. The Labute approximate surface area is 131 Å². The number of rotatable bonds is 7. The van der Waals surface area contributed by atoms with Gasteiger partial charge in [-0.1, -0.05) is 12.0 Å². The molecule has 1 aromatic carbocycles. The number of anilines is 1. The van der Waals surface area contributed by atoms with Crippen LogP contribution in [0.3, 0.4) is 0 Å². The molecule has 0 fully saturated rings. The zero-order valence-electron chi connectivity index (χ0n) is 12.3. The van der Waals surface area contributed by atoms with Crippen LogP contribution < -0.4 is 14.8 Å². The topological polar surface area (TPSA) is 74.1 Å². The SMILES string of the molecule is CCCOc1c(Br)cc(CNc2nnnn2C)cc1OC. The van der Waals surface area contributed by atoms with Gasteiger partial charge in [0, 0.05) is 13.6 Å². The molecule has 0 atom stereocenters. The minimum Gasteiger partial charge on any atom is -0.493 e. The van der Waals surface area contributed by atoms with Crippen LogP contribution in [-0.2, 0) is 13.6 Å². The van der Waals surface area contributed by atoms with Crippen LogP contribution in [0, 0.1) is 0 Å². The number of aromatic nitrogens is 4. The van der Waals surface area contributed by atoms with Crippen molar-refractivity contribution >= 4 is 21.9 Å². The van der Waals surface area contributed by atoms with Crippen molar-refractivity contribution in [3.8, 4) is 11.5 Å². The highest BCUT2D eigenvalue weighted by molar-refractivity contribution is 9.10. The summed E-state index contributed by atoms with van der Waals surface area (Å²) in [6.45, 7) is 3.29. The van der Waals surface area contributed by atoms with Gasteiger partial charge in [-0.3, -0.25) is 0 Å². The summed E-state index contributed by atoms with van der Waals surface area (Å²) in [7, 11) is 3.41. The fraction of sp³-hybridized carbons (Fsp3) is 0.462. The van der Waals surface area contributed by atoms with Crippen molar-refractivity contribution in [1.82, 2.24) is 20.2 Å². The van der Waals surface area contributed by atoms with E-state index in [2.05, 4.69) is 43.7 Å². The summed E-state index contributed by atoms with van der Waals surface area (Å²) in [5.41, 5.74) is 1.03. The number of nitrogens with one attached hydrogen (secondary N) is 1. The minimum absolute atomic E-state index is 0.581. The third-order valence-electron chi connectivity index (χ3n) is 2.81. The highest BCUT2D eigenvalue weighted by atomic mass is 79.9. The van der Waals surface area contributed by atoms with E-state index in [9.17, 15) is 0 Å². The fourth-order valence-corrected chi connectivity index (χ4v) is 2.38. The van der Waals surface area contributed by atoms with E-state index in [1.807, 2.05) is 12.1 Å². The Hall–Kier alpha value is -1.83. The minimum atomic E-state index is 0.581. The van der Waals surface area contributed by atoms with E-state index in [-0.39, 0.29) is 0 Å². The van der Waals surface area contributed by atoms with Gasteiger partial charge in [0.1, 0.15) is 0 Å². The molecule has 0 spiro atoms. The predicted molar refractivity (Wildman–Crippen MR) is 82.6 cm³/mol. The van der Waals surface area contributed by atoms with Gasteiger partial charge in [-0.05, 0) is 50.5 Å². The van der Waals surface area contributed by atoms with Crippen LogP contribution in [0.5, 0.6) is 11.5 Å². The number of halogens is 1. The monoisotopic (exact) mass is 355 g/mol. The molecule has 7 nitrogen and oxygen atoms in total. The molecule has 0 aliphatic carbocycles. The first-order chi connectivity index (χ1) is 10.2. The van der Waals surface area contributed by atoms with Crippen molar-refractivity contribution < 1.29 is 9.47 Å². The molecule has 0 aliphatic rings. The lowest BCUT2D eigenvalue weighted by molar-refractivity contribution is 0.292. The zero-order chi connectivity index (χ0) is 15.2. The van der Waals surface area contributed by atoms with Crippen LogP contribution in [0.4, 0.5) is 5.95 Å². The molecule has 1 N–H and O–H groups in total. The largest absolute Gasteiger partial charge is 0.493 e. The van der Waals surface area contributed by atoms with E-state index in [4.69, 9.17) is 9.47 Å². The third-order valence-corrected chi connectivity index (χ3v) is 3.40. The Bertz CT molecular complexity index is 602. The maximum atomic E-state index is 5.70. The number of benzene rings is 1. The quantitative estimate of drug-likeness (QED) is 0.821. The molecule has 114 valence electrons. The van der Waals surface area contributed by atoms with Crippen LogP contribution in [-0.4, -0.2) is 33.9 Å². The van der Waals surface area contributed by atoms with E-state index in [0.29, 0.717) is 24.8 Å². The molecule has 0 radical (unpaired) electrons. The highest BCUT2D eigenvalue weighted by Gasteiger charge is 2.12. The van der Waals surface area contributed by atoms with E-state index in [1.165, 1.54) is 0 Å². The van der Waals surface area contributed by atoms with Crippen LogP contribution in [0.2, 0.25) is 0 Å². The smallest absolute Gasteiger partial charge is 0.242 e. The Morgan fingerprint density at radius 3 is 2.81 bits per heavy atom. The molecule has 0 unspecified atom stereocenters. The van der Waals surface area contributed by atoms with Crippen molar-refractivity contribution in [1.29, 1.82) is 0 Å². The molecule has 0 saturated heterocycles. The number of nitrogens with zero attached hydrogens (tertiary/aromatic N) is 4. The highest BCUT2D eigenvalue weighted by Crippen LogP contribution is 2.36. The lowest BCUT2D eigenvalue weighted by Gasteiger charge is -2.14. The van der Waals surface area contributed by atoms with Gasteiger partial charge in [0.15, 0.2) is 11.5 Å². The lowest BCUT2D eigenvalue weighted by atomic mass is 10.2. The van der Waals surface area contributed by atoms with E-state index < -0.39 is 0 Å². The molecule has 8 heteroatoms. The second kappa shape index (κ2) is 7.26. The summed E-state index contributed by atoms with van der Waals surface area (Å²) in [5, 5.41) is 14.4. The summed E-state index contributed by atoms with van der Waals surface area (Å²) >= 11 is 3.52. The molecule has 2 rings (SSSR count). The number of hydrogen-bond donors (Lipinski definition) is 1. The van der Waals surface area contributed by atoms with Crippen LogP contribution in [0.25, 0.3) is 0 Å². The van der Waals surface area contributed by atoms with Crippen molar-refractivity contribution in [2.75, 3.05) is 19.0 Å². The number of ether oxygens (including phenoxy) is 2. The fourth-order valence-electron chi connectivity index (χ4n) is 1.78. The third kappa shape index (κ3) is 3.84. The van der Waals surface area contributed by atoms with Gasteiger partial charge in [-0.25, -0.2) is 4.68 Å². The maximum absolute atomic E-state index is 5.70. The second-order valence-corrected chi connectivity index (χ2v) is 5.29. The Kier molecular flexibility index (Phi) is 5.38. The number of tetrazole rings is 1. The van der Waals surface area contributed by atoms with Crippen molar-refractivity contribution in [3.63, 3.8) is 0 Å². The van der Waals surface area contributed by atoms with Gasteiger partial charge in [-0.2, -0.15) is 0 Å². The summed E-state index contributed by atoms with van der Waals surface area (Å²) in [6.07, 6.45) is 0.943. The molecule has 0 bridgehead atoms. The summed E-state index contributed by atoms with van der Waals surface area (Å²) < 4.78 is 13.5. The molecule has 1 aromatic heterocycles. The molecule has 0 aliphatic heterocycles. The molecule has 0 amide bonds. The Morgan fingerprint density at radius 1 is 1.38 bits per heavy atom. The molecule has 21 heavy (non-hydrogen) atoms. The number of methoxy groups -OCH3 is 1. The lowest BCUT2D eigenvalue weighted by Crippen LogP contribution is -2.06. The summed E-state index contributed by atoms with van der Waals surface area (Å²) in [5.74, 6) is 2.03. The van der Waals surface area contributed by atoms with Gasteiger partial charge >= 0.3 is 0 Å². The van der Waals surface area contributed by atoms with Gasteiger partial charge < -0.3 is 14.8 Å². The zero-order valence-corrected chi connectivity index (χ0v) is 13.8. The Morgan fingerprint density at radius 2 is 2.19 bits per heavy atom. The first kappa shape index (κ1) is 15.6. The predicted octanol–water partition coefficient (Wildman–Crippen LogP) is 2.38. The average molecular weight is 356 g/mol. The van der Waals surface area contributed by atoms with E-state index in [0.717, 1.165) is 22.2 Å². The van der Waals surface area contributed by atoms with Crippen molar-refractivity contribution in [3.05, 3.63) is 22.2 Å². The summed E-state index contributed by atoms with van der Waals surface area (Å²) in [4.78, 5) is 0. The Balaban J connectivity index is 2.13. The number of aryl methyl sites for hydroxylation is 1. The van der Waals surface area contributed by atoms with Crippen LogP contribution >= 0.6 is 15.9 Å². The normalized spacial score (nSPS) is 10.5. The second-order valence-electron chi connectivity index (χ2n) is 4.44. The average Bonchev–Trinajstić information content (AvgIpc) is 2.88. The van der Waals surface area contributed by atoms with Gasteiger partial charge in [-0.15, -0.1) is 0 Å². The maximum Gasteiger partial charge on any atom is 0.242 e. The first-order valence-corrected chi connectivity index (χ1v) is 7.40. The van der Waals surface area contributed by atoms with E-state index in [1.54, 1.807) is 18.8 Å². The van der Waals surface area contributed by atoms with Crippen molar-refractivity contribution in [2.45, 2.75) is 19.9 Å².